The number of nitrogens with one attached hydrogen (secondary N) is 1. The van der Waals surface area contributed by atoms with Crippen molar-refractivity contribution in [2.45, 2.75) is 24.4 Å². The van der Waals surface area contributed by atoms with Crippen molar-refractivity contribution < 1.29 is 37.7 Å². The van der Waals surface area contributed by atoms with E-state index in [1.54, 1.807) is 0 Å². The second kappa shape index (κ2) is 12.1. The van der Waals surface area contributed by atoms with E-state index in [-0.39, 0.29) is 28.9 Å². The molecular weight excluding hydrogens is 547 g/mol. The van der Waals surface area contributed by atoms with Crippen LogP contribution in [0.4, 0.5) is 0 Å². The van der Waals surface area contributed by atoms with Crippen LogP contribution in [0.5, 0.6) is 5.75 Å². The molecule has 1 fully saturated rings. The van der Waals surface area contributed by atoms with Crippen molar-refractivity contribution in [3.05, 3.63) is 76.8 Å². The molecule has 1 aliphatic heterocycles. The summed E-state index contributed by atoms with van der Waals surface area (Å²) in [4.78, 5) is 62.3. The van der Waals surface area contributed by atoms with Crippen molar-refractivity contribution in [3.8, 4) is 5.75 Å². The zero-order valence-electron chi connectivity index (χ0n) is 19.2. The first-order valence-electron chi connectivity index (χ1n) is 10.6. The maximum atomic E-state index is 13.0. The highest BCUT2D eigenvalue weighted by Crippen LogP contribution is 2.31. The number of amides is 2. The van der Waals surface area contributed by atoms with E-state index >= 15 is 0 Å². The molecule has 10 nitrogen and oxygen atoms in total. The van der Waals surface area contributed by atoms with Gasteiger partial charge in [-0.15, -0.1) is 0 Å². The van der Waals surface area contributed by atoms with Gasteiger partial charge in [0.1, 0.15) is 21.8 Å². The van der Waals surface area contributed by atoms with E-state index in [2.05, 4.69) is 11.9 Å². The van der Waals surface area contributed by atoms with E-state index in [1.807, 2.05) is 0 Å². The number of halogens is 2. The lowest BCUT2D eigenvalue weighted by Gasteiger charge is -2.48. The summed E-state index contributed by atoms with van der Waals surface area (Å²) in [6.45, 7) is 4.71. The van der Waals surface area contributed by atoms with Gasteiger partial charge in [-0.05, 0) is 65.6 Å². The fraction of sp³-hybridized carbons (Fsp3) is 0.208. The van der Waals surface area contributed by atoms with Gasteiger partial charge >= 0.3 is 5.97 Å². The average Bonchev–Trinajstić information content (AvgIpc) is 2.86. The van der Waals surface area contributed by atoms with E-state index in [0.29, 0.717) is 5.02 Å². The number of β-lactam (4-membered cyclic amide) rings is 1. The van der Waals surface area contributed by atoms with Gasteiger partial charge in [0.15, 0.2) is 23.8 Å². The summed E-state index contributed by atoms with van der Waals surface area (Å²) in [5.74, 6) is -2.89. The van der Waals surface area contributed by atoms with Crippen LogP contribution in [0.2, 0.25) is 5.02 Å². The van der Waals surface area contributed by atoms with E-state index in [0.717, 1.165) is 4.90 Å². The Balaban J connectivity index is 1.72. The monoisotopic (exact) mass is 566 g/mol. The predicted octanol–water partition coefficient (Wildman–Crippen LogP) is 2.42. The number of Topliss-reactive ketones (excluding diaryl/α,β-unsaturated/α-hetero) is 1. The zero-order valence-corrected chi connectivity index (χ0v) is 21.5. The van der Waals surface area contributed by atoms with Crippen LogP contribution < -0.4 is 10.1 Å². The molecule has 1 saturated heterocycles. The standard InChI is InChI=1S/C24H20Cl2N2O8S/c1-13(2)20(24(33)35-11-18(30)14-6-8-16(25)9-7-14)28-22(32)19(23(28)37(26)34)27-21(31)15-4-3-5-17(10-15)36-12-29/h3-10,12,19-20,23H,1,11H2,2H3,(H,27,31). The maximum absolute atomic E-state index is 13.0. The molecule has 2 aromatic rings. The van der Waals surface area contributed by atoms with Gasteiger partial charge in [0.25, 0.3) is 12.4 Å². The highest BCUT2D eigenvalue weighted by Gasteiger charge is 2.56. The molecule has 4 atom stereocenters. The number of rotatable bonds is 11. The number of ketones is 1. The highest BCUT2D eigenvalue weighted by molar-refractivity contribution is 8.08. The van der Waals surface area contributed by atoms with Gasteiger partial charge in [-0.3, -0.25) is 19.2 Å². The largest absolute Gasteiger partial charge is 0.455 e. The summed E-state index contributed by atoms with van der Waals surface area (Å²) < 4.78 is 22.1. The third kappa shape index (κ3) is 6.43. The smallest absolute Gasteiger partial charge is 0.333 e. The molecule has 2 aromatic carbocycles. The van der Waals surface area contributed by atoms with Crippen molar-refractivity contribution in [3.63, 3.8) is 0 Å². The number of carbonyl (C=O) groups excluding carboxylic acids is 5. The molecule has 0 saturated carbocycles. The van der Waals surface area contributed by atoms with Gasteiger partial charge in [-0.1, -0.05) is 24.2 Å². The van der Waals surface area contributed by atoms with E-state index in [1.165, 1.54) is 55.5 Å². The van der Waals surface area contributed by atoms with Crippen LogP contribution in [-0.4, -0.2) is 63.2 Å². The van der Waals surface area contributed by atoms with E-state index in [9.17, 15) is 28.2 Å². The summed E-state index contributed by atoms with van der Waals surface area (Å²) in [7, 11) is 3.61. The lowest BCUT2D eigenvalue weighted by Crippen LogP contribution is -2.75. The Bertz CT molecular complexity index is 1280. The summed E-state index contributed by atoms with van der Waals surface area (Å²) in [5, 5.41) is 1.55. The molecule has 0 spiro atoms. The number of nitrogens with zero attached hydrogens (tertiary/aromatic N) is 1. The van der Waals surface area contributed by atoms with Crippen LogP contribution in [-0.2, 0) is 29.1 Å². The second-order valence-electron chi connectivity index (χ2n) is 7.86. The Morgan fingerprint density at radius 2 is 1.86 bits per heavy atom. The number of hydrogen-bond acceptors (Lipinski definition) is 8. The van der Waals surface area contributed by atoms with Crippen molar-refractivity contribution >= 4 is 62.3 Å². The van der Waals surface area contributed by atoms with Crippen LogP contribution in [0.3, 0.4) is 0 Å². The first-order valence-corrected chi connectivity index (χ1v) is 13.0. The SMILES string of the molecule is C=C(C)C(C(=O)OCC(=O)c1ccc(Cl)cc1)N1C(=O)C(NC(=O)c2cccc(OC=O)c2)C1S(=O)Cl. The van der Waals surface area contributed by atoms with Crippen LogP contribution in [0.15, 0.2) is 60.7 Å². The molecule has 4 unspecified atom stereocenters. The molecule has 0 aliphatic carbocycles. The second-order valence-corrected chi connectivity index (χ2v) is 10.2. The van der Waals surface area contributed by atoms with Crippen LogP contribution in [0, 0.1) is 0 Å². The zero-order chi connectivity index (χ0) is 27.3. The molecule has 2 amide bonds. The molecule has 0 radical (unpaired) electrons. The number of likely N-dealkylation sites (tertiary alicyclic amines) is 1. The molecule has 37 heavy (non-hydrogen) atoms. The number of ether oxygens (including phenoxy) is 2. The molecule has 0 aromatic heterocycles. The summed E-state index contributed by atoms with van der Waals surface area (Å²) in [6, 6.07) is 8.79. The lowest BCUT2D eigenvalue weighted by atomic mass is 9.99. The fourth-order valence-corrected chi connectivity index (χ4v) is 5.06. The summed E-state index contributed by atoms with van der Waals surface area (Å²) in [6.07, 6.45) is 0. The Morgan fingerprint density at radius 3 is 2.46 bits per heavy atom. The number of benzene rings is 2. The Kier molecular flexibility index (Phi) is 9.19. The van der Waals surface area contributed by atoms with Gasteiger partial charge in [-0.2, -0.15) is 0 Å². The average molecular weight is 567 g/mol. The van der Waals surface area contributed by atoms with Crippen LogP contribution in [0.1, 0.15) is 27.6 Å². The Morgan fingerprint density at radius 1 is 1.19 bits per heavy atom. The molecule has 3 rings (SSSR count). The van der Waals surface area contributed by atoms with E-state index < -0.39 is 57.6 Å². The third-order valence-electron chi connectivity index (χ3n) is 5.32. The molecular formula is C24H20Cl2N2O8S. The Labute approximate surface area is 223 Å². The van der Waals surface area contributed by atoms with Crippen LogP contribution >= 0.6 is 22.3 Å². The van der Waals surface area contributed by atoms with Gasteiger partial charge < -0.3 is 19.7 Å². The van der Waals surface area contributed by atoms with Gasteiger partial charge in [0.05, 0.1) is 0 Å². The molecule has 1 N–H and O–H groups in total. The number of esters is 1. The van der Waals surface area contributed by atoms with Crippen molar-refractivity contribution in [2.24, 2.45) is 0 Å². The number of carbonyl (C=O) groups is 5. The maximum Gasteiger partial charge on any atom is 0.333 e. The minimum atomic E-state index is -2.22. The molecule has 194 valence electrons. The fourth-order valence-electron chi connectivity index (χ4n) is 3.57. The quantitative estimate of drug-likeness (QED) is 0.109. The predicted molar refractivity (Wildman–Crippen MR) is 134 cm³/mol. The minimum Gasteiger partial charge on any atom is -0.455 e. The third-order valence-corrected chi connectivity index (χ3v) is 7.00. The van der Waals surface area contributed by atoms with Gasteiger partial charge in [0, 0.05) is 16.1 Å². The van der Waals surface area contributed by atoms with E-state index in [4.69, 9.17) is 31.8 Å². The normalized spacial score (nSPS) is 18.1. The molecule has 1 heterocycles. The van der Waals surface area contributed by atoms with Crippen molar-refractivity contribution in [1.29, 1.82) is 0 Å². The first-order chi connectivity index (χ1) is 17.5. The molecule has 1 aliphatic rings. The van der Waals surface area contributed by atoms with Gasteiger partial charge in [-0.25, -0.2) is 9.00 Å². The number of hydrogen-bond donors (Lipinski definition) is 1. The Hall–Kier alpha value is -3.54. The topological polar surface area (TPSA) is 136 Å². The lowest BCUT2D eigenvalue weighted by molar-refractivity contribution is -0.161. The summed E-state index contributed by atoms with van der Waals surface area (Å²) in [5.41, 5.74) is 0.475. The van der Waals surface area contributed by atoms with Crippen LogP contribution in [0.25, 0.3) is 0 Å². The molecule has 0 bridgehead atoms. The minimum absolute atomic E-state index is 0.0567. The van der Waals surface area contributed by atoms with Gasteiger partial charge in [0.2, 0.25) is 5.91 Å². The van der Waals surface area contributed by atoms with Crippen molar-refractivity contribution in [1.82, 2.24) is 10.2 Å². The highest BCUT2D eigenvalue weighted by atomic mass is 35.7. The summed E-state index contributed by atoms with van der Waals surface area (Å²) >= 11 is 5.80. The molecule has 13 heteroatoms. The first kappa shape index (κ1) is 28.0. The van der Waals surface area contributed by atoms with Crippen molar-refractivity contribution in [2.75, 3.05) is 6.61 Å².